The highest BCUT2D eigenvalue weighted by molar-refractivity contribution is 5.81. The lowest BCUT2D eigenvalue weighted by molar-refractivity contribution is -0.139. The van der Waals surface area contributed by atoms with E-state index in [1.807, 2.05) is 12.2 Å². The van der Waals surface area contributed by atoms with Crippen LogP contribution in [0.3, 0.4) is 0 Å². The summed E-state index contributed by atoms with van der Waals surface area (Å²) in [6.45, 7) is 4.05. The Balaban J connectivity index is 3.56. The van der Waals surface area contributed by atoms with Crippen LogP contribution in [0.15, 0.2) is 0 Å². The van der Waals surface area contributed by atoms with Gasteiger partial charge in [-0.3, -0.25) is 4.79 Å². The molecular formula is C11H21F3N2O2. The number of ether oxygens (including phenoxy) is 1. The lowest BCUT2D eigenvalue weighted by Crippen LogP contribution is -2.45. The zero-order valence-electron chi connectivity index (χ0n) is 10.8. The molecule has 0 fully saturated rings. The van der Waals surface area contributed by atoms with E-state index >= 15 is 0 Å². The molecule has 0 aromatic heterocycles. The van der Waals surface area contributed by atoms with Crippen LogP contribution in [-0.4, -0.2) is 44.4 Å². The van der Waals surface area contributed by atoms with Gasteiger partial charge in [0, 0.05) is 13.2 Å². The summed E-state index contributed by atoms with van der Waals surface area (Å²) in [4.78, 5) is 11.3. The van der Waals surface area contributed by atoms with E-state index in [9.17, 15) is 18.0 Å². The average molecular weight is 270 g/mol. The van der Waals surface area contributed by atoms with Crippen LogP contribution in [0.5, 0.6) is 0 Å². The van der Waals surface area contributed by atoms with Crippen molar-refractivity contribution in [2.75, 3.05) is 26.3 Å². The second kappa shape index (κ2) is 9.16. The van der Waals surface area contributed by atoms with Gasteiger partial charge in [0.2, 0.25) is 5.91 Å². The number of nitrogens with one attached hydrogen (secondary N) is 2. The number of halogens is 3. The predicted octanol–water partition coefficient (Wildman–Crippen LogP) is 1.46. The van der Waals surface area contributed by atoms with Crippen molar-refractivity contribution in [3.8, 4) is 0 Å². The highest BCUT2D eigenvalue weighted by atomic mass is 19.4. The van der Waals surface area contributed by atoms with Gasteiger partial charge in [-0.05, 0) is 26.3 Å². The van der Waals surface area contributed by atoms with Gasteiger partial charge in [-0.2, -0.15) is 13.2 Å². The zero-order valence-corrected chi connectivity index (χ0v) is 10.8. The van der Waals surface area contributed by atoms with E-state index in [2.05, 4.69) is 5.32 Å². The molecule has 18 heavy (non-hydrogen) atoms. The Morgan fingerprint density at radius 2 is 2.00 bits per heavy atom. The second-order valence-corrected chi connectivity index (χ2v) is 3.97. The molecule has 0 aromatic carbocycles. The molecule has 2 N–H and O–H groups in total. The average Bonchev–Trinajstić information content (AvgIpc) is 2.29. The lowest BCUT2D eigenvalue weighted by Gasteiger charge is -2.15. The summed E-state index contributed by atoms with van der Waals surface area (Å²) in [5.41, 5.74) is 0. The van der Waals surface area contributed by atoms with Crippen LogP contribution < -0.4 is 10.6 Å². The van der Waals surface area contributed by atoms with E-state index in [1.54, 1.807) is 0 Å². The summed E-state index contributed by atoms with van der Waals surface area (Å²) in [7, 11) is 0. The first kappa shape index (κ1) is 17.2. The maximum absolute atomic E-state index is 11.9. The van der Waals surface area contributed by atoms with Gasteiger partial charge in [-0.25, -0.2) is 0 Å². The third kappa shape index (κ3) is 10.3. The number of carbonyl (C=O) groups excluding carboxylic acids is 1. The van der Waals surface area contributed by atoms with Crippen molar-refractivity contribution >= 4 is 5.91 Å². The van der Waals surface area contributed by atoms with Crippen molar-refractivity contribution in [2.45, 2.75) is 38.9 Å². The minimum atomic E-state index is -4.37. The number of rotatable bonds is 9. The van der Waals surface area contributed by atoms with Crippen molar-refractivity contribution in [3.05, 3.63) is 0 Å². The quantitative estimate of drug-likeness (QED) is 0.624. The Labute approximate surface area is 105 Å². The minimum Gasteiger partial charge on any atom is -0.381 e. The van der Waals surface area contributed by atoms with Gasteiger partial charge in [0.25, 0.3) is 0 Å². The van der Waals surface area contributed by atoms with Gasteiger partial charge >= 0.3 is 6.18 Å². The van der Waals surface area contributed by atoms with Gasteiger partial charge in [-0.15, -0.1) is 0 Å². The molecule has 108 valence electrons. The van der Waals surface area contributed by atoms with Crippen LogP contribution in [0.2, 0.25) is 0 Å². The maximum Gasteiger partial charge on any atom is 0.405 e. The second-order valence-electron chi connectivity index (χ2n) is 3.97. The molecule has 0 aliphatic carbocycles. The molecule has 0 aliphatic heterocycles. The Kier molecular flexibility index (Phi) is 8.74. The monoisotopic (exact) mass is 270 g/mol. The standard InChI is InChI=1S/C11H21F3N2O2/c1-3-6-18-7-4-5-15-9(2)10(17)16-8-11(12,13)14/h9,15H,3-8H2,1-2H3,(H,16,17). The van der Waals surface area contributed by atoms with Crippen LogP contribution >= 0.6 is 0 Å². The van der Waals surface area contributed by atoms with E-state index in [0.29, 0.717) is 19.8 Å². The molecule has 0 aromatic rings. The first-order valence-corrected chi connectivity index (χ1v) is 6.02. The van der Waals surface area contributed by atoms with Crippen molar-refractivity contribution in [2.24, 2.45) is 0 Å². The van der Waals surface area contributed by atoms with Gasteiger partial charge < -0.3 is 15.4 Å². The largest absolute Gasteiger partial charge is 0.405 e. The van der Waals surface area contributed by atoms with Gasteiger partial charge in [0.15, 0.2) is 0 Å². The van der Waals surface area contributed by atoms with E-state index in [-0.39, 0.29) is 0 Å². The van der Waals surface area contributed by atoms with E-state index in [4.69, 9.17) is 4.74 Å². The molecule has 7 heteroatoms. The molecule has 1 atom stereocenters. The first-order valence-electron chi connectivity index (χ1n) is 6.02. The van der Waals surface area contributed by atoms with Crippen molar-refractivity contribution in [1.29, 1.82) is 0 Å². The summed E-state index contributed by atoms with van der Waals surface area (Å²) < 4.78 is 40.8. The molecule has 0 rings (SSSR count). The highest BCUT2D eigenvalue weighted by Gasteiger charge is 2.28. The van der Waals surface area contributed by atoms with Gasteiger partial charge in [0.1, 0.15) is 6.54 Å². The first-order chi connectivity index (χ1) is 8.37. The SMILES string of the molecule is CCCOCCCNC(C)C(=O)NCC(F)(F)F. The van der Waals surface area contributed by atoms with Crippen LogP contribution in [0.25, 0.3) is 0 Å². The number of hydrogen-bond acceptors (Lipinski definition) is 3. The molecule has 0 heterocycles. The van der Waals surface area contributed by atoms with Crippen LogP contribution in [0.4, 0.5) is 13.2 Å². The smallest absolute Gasteiger partial charge is 0.381 e. The summed E-state index contributed by atoms with van der Waals surface area (Å²) in [6, 6.07) is -0.640. The summed E-state index contributed by atoms with van der Waals surface area (Å²) in [5.74, 6) is -0.651. The molecule has 0 aliphatic rings. The van der Waals surface area contributed by atoms with Crippen molar-refractivity contribution < 1.29 is 22.7 Å². The molecular weight excluding hydrogens is 249 g/mol. The molecule has 0 saturated heterocycles. The fourth-order valence-electron chi connectivity index (χ4n) is 1.17. The Hall–Kier alpha value is -0.820. The fraction of sp³-hybridized carbons (Fsp3) is 0.909. The molecule has 1 amide bonds. The van der Waals surface area contributed by atoms with Crippen LogP contribution in [0, 0.1) is 0 Å². The number of alkyl halides is 3. The molecule has 0 saturated carbocycles. The van der Waals surface area contributed by atoms with Crippen LogP contribution in [-0.2, 0) is 9.53 Å². The van der Waals surface area contributed by atoms with E-state index < -0.39 is 24.7 Å². The third-order valence-corrected chi connectivity index (χ3v) is 2.12. The zero-order chi connectivity index (χ0) is 14.0. The summed E-state index contributed by atoms with van der Waals surface area (Å²) in [6.07, 6.45) is -2.70. The fourth-order valence-corrected chi connectivity index (χ4v) is 1.17. The van der Waals surface area contributed by atoms with Crippen molar-refractivity contribution in [3.63, 3.8) is 0 Å². The minimum absolute atomic E-state index is 0.532. The Morgan fingerprint density at radius 3 is 2.56 bits per heavy atom. The molecule has 0 spiro atoms. The topological polar surface area (TPSA) is 50.4 Å². The van der Waals surface area contributed by atoms with E-state index in [1.165, 1.54) is 6.92 Å². The normalized spacial score (nSPS) is 13.4. The molecule has 4 nitrogen and oxygen atoms in total. The molecule has 0 bridgehead atoms. The van der Waals surface area contributed by atoms with Crippen LogP contribution in [0.1, 0.15) is 26.7 Å². The highest BCUT2D eigenvalue weighted by Crippen LogP contribution is 2.12. The van der Waals surface area contributed by atoms with Gasteiger partial charge in [-0.1, -0.05) is 6.92 Å². The third-order valence-electron chi connectivity index (χ3n) is 2.12. The molecule has 1 unspecified atom stereocenters. The predicted molar refractivity (Wildman–Crippen MR) is 62.3 cm³/mol. The van der Waals surface area contributed by atoms with E-state index in [0.717, 1.165) is 12.8 Å². The summed E-state index contributed by atoms with van der Waals surface area (Å²) in [5, 5.41) is 4.66. The van der Waals surface area contributed by atoms with Gasteiger partial charge in [0.05, 0.1) is 6.04 Å². The number of hydrogen-bond donors (Lipinski definition) is 2. The number of amides is 1. The number of carbonyl (C=O) groups is 1. The Bertz CT molecular complexity index is 235. The molecule has 0 radical (unpaired) electrons. The van der Waals surface area contributed by atoms with Crippen molar-refractivity contribution in [1.82, 2.24) is 10.6 Å². The summed E-state index contributed by atoms with van der Waals surface area (Å²) >= 11 is 0. The maximum atomic E-state index is 11.9. The Morgan fingerprint density at radius 1 is 1.33 bits per heavy atom. The lowest BCUT2D eigenvalue weighted by atomic mass is 10.3.